The summed E-state index contributed by atoms with van der Waals surface area (Å²) in [6.45, 7) is 1.51. The molecule has 0 aromatic heterocycles. The Hall–Kier alpha value is -2.25. The number of benzene rings is 2. The van der Waals surface area contributed by atoms with Gasteiger partial charge in [0.15, 0.2) is 0 Å². The molecule has 6 nitrogen and oxygen atoms in total. The van der Waals surface area contributed by atoms with Gasteiger partial charge in [-0.15, -0.1) is 0 Å². The van der Waals surface area contributed by atoms with Crippen LogP contribution >= 0.6 is 11.6 Å². The molecule has 0 aliphatic carbocycles. The van der Waals surface area contributed by atoms with Crippen LogP contribution in [0.3, 0.4) is 0 Å². The van der Waals surface area contributed by atoms with Crippen LogP contribution in [0.5, 0.6) is 5.75 Å². The number of anilines is 2. The molecule has 25 heavy (non-hydrogen) atoms. The quantitative estimate of drug-likeness (QED) is 0.832. The van der Waals surface area contributed by atoms with Crippen molar-refractivity contribution in [1.82, 2.24) is 0 Å². The van der Waals surface area contributed by atoms with E-state index in [1.165, 1.54) is 26.2 Å². The van der Waals surface area contributed by atoms with Gasteiger partial charge in [0.25, 0.3) is 0 Å². The number of sulfonamides is 1. The van der Waals surface area contributed by atoms with E-state index in [0.717, 1.165) is 10.6 Å². The van der Waals surface area contributed by atoms with Crippen molar-refractivity contribution in [1.29, 1.82) is 0 Å². The molecule has 2 aromatic rings. The van der Waals surface area contributed by atoms with E-state index in [0.29, 0.717) is 11.4 Å². The Morgan fingerprint density at radius 1 is 1.20 bits per heavy atom. The van der Waals surface area contributed by atoms with Gasteiger partial charge in [-0.25, -0.2) is 8.42 Å². The van der Waals surface area contributed by atoms with Gasteiger partial charge >= 0.3 is 0 Å². The fourth-order valence-electron chi connectivity index (χ4n) is 2.37. The largest absolute Gasteiger partial charge is 0.495 e. The molecule has 1 amide bonds. The van der Waals surface area contributed by atoms with Crippen LogP contribution in [0.25, 0.3) is 0 Å². The minimum atomic E-state index is -3.72. The highest BCUT2D eigenvalue weighted by Gasteiger charge is 2.29. The van der Waals surface area contributed by atoms with Gasteiger partial charge in [0.05, 0.1) is 24.1 Å². The maximum Gasteiger partial charge on any atom is 0.247 e. The lowest BCUT2D eigenvalue weighted by Gasteiger charge is -2.28. The second kappa shape index (κ2) is 7.76. The zero-order valence-corrected chi connectivity index (χ0v) is 15.6. The molecule has 0 heterocycles. The summed E-state index contributed by atoms with van der Waals surface area (Å²) >= 11 is 6.09. The predicted octanol–water partition coefficient (Wildman–Crippen LogP) is 3.14. The molecule has 0 aliphatic heterocycles. The molecule has 134 valence electrons. The Bertz CT molecular complexity index is 856. The number of carbonyl (C=O) groups is 1. The molecule has 0 spiro atoms. The van der Waals surface area contributed by atoms with Crippen molar-refractivity contribution in [3.05, 3.63) is 53.6 Å². The highest BCUT2D eigenvalue weighted by atomic mass is 35.5. The van der Waals surface area contributed by atoms with E-state index in [-0.39, 0.29) is 10.7 Å². The summed E-state index contributed by atoms with van der Waals surface area (Å²) in [6.07, 6.45) is 1.04. The summed E-state index contributed by atoms with van der Waals surface area (Å²) in [5.74, 6) is -0.0381. The first-order valence-electron chi connectivity index (χ1n) is 7.43. The van der Waals surface area contributed by atoms with E-state index in [4.69, 9.17) is 16.3 Å². The second-order valence-corrected chi connectivity index (χ2v) is 7.68. The zero-order valence-electron chi connectivity index (χ0n) is 14.1. The molecule has 1 N–H and O–H groups in total. The number of rotatable bonds is 6. The van der Waals surface area contributed by atoms with Crippen molar-refractivity contribution in [3.8, 4) is 5.75 Å². The third kappa shape index (κ3) is 4.64. The summed E-state index contributed by atoms with van der Waals surface area (Å²) < 4.78 is 30.6. The third-order valence-corrected chi connectivity index (χ3v) is 5.06. The summed E-state index contributed by atoms with van der Waals surface area (Å²) in [7, 11) is -2.25. The van der Waals surface area contributed by atoms with Crippen LogP contribution in [0.4, 0.5) is 11.4 Å². The minimum absolute atomic E-state index is 0.254. The lowest BCUT2D eigenvalue weighted by Crippen LogP contribution is -2.45. The molecule has 0 saturated heterocycles. The summed E-state index contributed by atoms with van der Waals surface area (Å²) in [6, 6.07) is 12.4. The molecular formula is C17H19ClN2O4S. The summed E-state index contributed by atoms with van der Waals surface area (Å²) in [5.41, 5.74) is 0.865. The van der Waals surface area contributed by atoms with Crippen LogP contribution in [-0.4, -0.2) is 33.7 Å². The fourth-order valence-corrected chi connectivity index (χ4v) is 3.79. The first kappa shape index (κ1) is 19.1. The van der Waals surface area contributed by atoms with Crippen LogP contribution in [0.1, 0.15) is 6.92 Å². The molecule has 0 fully saturated rings. The van der Waals surface area contributed by atoms with Gasteiger partial charge in [0, 0.05) is 5.69 Å². The van der Waals surface area contributed by atoms with Crippen molar-refractivity contribution in [2.75, 3.05) is 23.0 Å². The summed E-state index contributed by atoms with van der Waals surface area (Å²) in [5, 5.41) is 2.95. The Kier molecular flexibility index (Phi) is 5.92. The maximum atomic E-state index is 12.5. The Balaban J connectivity index is 2.34. The van der Waals surface area contributed by atoms with Gasteiger partial charge in [-0.1, -0.05) is 29.8 Å². The number of amides is 1. The van der Waals surface area contributed by atoms with Crippen molar-refractivity contribution in [3.63, 3.8) is 0 Å². The number of nitrogens with zero attached hydrogens (tertiary/aromatic N) is 1. The van der Waals surface area contributed by atoms with E-state index in [1.54, 1.807) is 30.3 Å². The van der Waals surface area contributed by atoms with Gasteiger partial charge in [-0.2, -0.15) is 0 Å². The van der Waals surface area contributed by atoms with E-state index < -0.39 is 22.0 Å². The lowest BCUT2D eigenvalue weighted by molar-refractivity contribution is -0.116. The predicted molar refractivity (Wildman–Crippen MR) is 99.9 cm³/mol. The van der Waals surface area contributed by atoms with E-state index in [2.05, 4.69) is 5.32 Å². The highest BCUT2D eigenvalue weighted by molar-refractivity contribution is 7.92. The summed E-state index contributed by atoms with van der Waals surface area (Å²) in [4.78, 5) is 12.5. The van der Waals surface area contributed by atoms with Crippen molar-refractivity contribution in [2.24, 2.45) is 0 Å². The average molecular weight is 383 g/mol. The monoisotopic (exact) mass is 382 g/mol. The second-order valence-electron chi connectivity index (χ2n) is 5.41. The zero-order chi connectivity index (χ0) is 18.6. The van der Waals surface area contributed by atoms with Crippen LogP contribution in [0.2, 0.25) is 5.02 Å². The van der Waals surface area contributed by atoms with Crippen LogP contribution in [0, 0.1) is 0 Å². The molecule has 2 aromatic carbocycles. The standard InChI is InChI=1S/C17H19ClN2O4S/c1-12(17(21)19-13-7-5-4-6-8-13)20(25(3,22)23)14-9-10-16(24-2)15(18)11-14/h4-12H,1-3H3,(H,19,21)/t12-/m0/s1. The molecule has 2 rings (SSSR count). The first-order chi connectivity index (χ1) is 11.7. The third-order valence-electron chi connectivity index (χ3n) is 3.52. The molecule has 0 bridgehead atoms. The molecule has 8 heteroatoms. The van der Waals surface area contributed by atoms with Gasteiger partial charge in [-0.3, -0.25) is 9.10 Å². The molecule has 0 saturated carbocycles. The molecular weight excluding hydrogens is 364 g/mol. The van der Waals surface area contributed by atoms with Gasteiger partial charge in [0.2, 0.25) is 15.9 Å². The first-order valence-corrected chi connectivity index (χ1v) is 9.65. The topological polar surface area (TPSA) is 75.7 Å². The molecule has 0 unspecified atom stereocenters. The number of ether oxygens (including phenoxy) is 1. The van der Waals surface area contributed by atoms with E-state index in [9.17, 15) is 13.2 Å². The number of methoxy groups -OCH3 is 1. The van der Waals surface area contributed by atoms with E-state index in [1.807, 2.05) is 6.07 Å². The number of halogens is 1. The Labute approximate surface area is 152 Å². The lowest BCUT2D eigenvalue weighted by atomic mass is 10.2. The SMILES string of the molecule is COc1ccc(N([C@@H](C)C(=O)Nc2ccccc2)S(C)(=O)=O)cc1Cl. The Morgan fingerprint density at radius 3 is 2.36 bits per heavy atom. The smallest absolute Gasteiger partial charge is 0.247 e. The normalized spacial score (nSPS) is 12.3. The van der Waals surface area contributed by atoms with Crippen molar-refractivity contribution >= 4 is 38.9 Å². The molecule has 0 aliphatic rings. The number of carbonyl (C=O) groups excluding carboxylic acids is 1. The van der Waals surface area contributed by atoms with Crippen LogP contribution in [-0.2, 0) is 14.8 Å². The Morgan fingerprint density at radius 2 is 1.84 bits per heavy atom. The van der Waals surface area contributed by atoms with Gasteiger partial charge in [0.1, 0.15) is 11.8 Å². The minimum Gasteiger partial charge on any atom is -0.495 e. The molecule has 0 radical (unpaired) electrons. The average Bonchev–Trinajstić information content (AvgIpc) is 2.54. The number of nitrogens with one attached hydrogen (secondary N) is 1. The maximum absolute atomic E-state index is 12.5. The van der Waals surface area contributed by atoms with Gasteiger partial charge < -0.3 is 10.1 Å². The van der Waals surface area contributed by atoms with Crippen LogP contribution < -0.4 is 14.4 Å². The van der Waals surface area contributed by atoms with Crippen molar-refractivity contribution < 1.29 is 17.9 Å². The number of hydrogen-bond acceptors (Lipinski definition) is 4. The highest BCUT2D eigenvalue weighted by Crippen LogP contribution is 2.31. The van der Waals surface area contributed by atoms with E-state index >= 15 is 0 Å². The molecule has 1 atom stereocenters. The van der Waals surface area contributed by atoms with Gasteiger partial charge in [-0.05, 0) is 37.3 Å². The number of para-hydroxylation sites is 1. The number of hydrogen-bond donors (Lipinski definition) is 1. The van der Waals surface area contributed by atoms with Crippen molar-refractivity contribution in [2.45, 2.75) is 13.0 Å². The fraction of sp³-hybridized carbons (Fsp3) is 0.235. The van der Waals surface area contributed by atoms with Crippen LogP contribution in [0.15, 0.2) is 48.5 Å².